The van der Waals surface area contributed by atoms with E-state index in [-0.39, 0.29) is 25.3 Å². The fraction of sp³-hybridized carbons (Fsp3) is 0.733. The van der Waals surface area contributed by atoms with Gasteiger partial charge in [-0.2, -0.15) is 0 Å². The smallest absolute Gasteiger partial charge is 0.328 e. The van der Waals surface area contributed by atoms with Gasteiger partial charge < -0.3 is 24.8 Å². The van der Waals surface area contributed by atoms with Crippen molar-refractivity contribution in [2.75, 3.05) is 20.8 Å². The van der Waals surface area contributed by atoms with Crippen LogP contribution in [-0.4, -0.2) is 72.7 Å². The first kappa shape index (κ1) is 19.9. The molecule has 1 aliphatic heterocycles. The lowest BCUT2D eigenvalue weighted by Gasteiger charge is -2.25. The summed E-state index contributed by atoms with van der Waals surface area (Å²) in [6.45, 7) is 2.93. The minimum atomic E-state index is -1.05. The van der Waals surface area contributed by atoms with Crippen LogP contribution >= 0.6 is 0 Å². The molecule has 0 aromatic heterocycles. The Morgan fingerprint density at radius 1 is 1.21 bits per heavy atom. The Morgan fingerprint density at radius 3 is 2.29 bits per heavy atom. The van der Waals surface area contributed by atoms with Crippen LogP contribution in [0.25, 0.3) is 0 Å². The fourth-order valence-electron chi connectivity index (χ4n) is 2.69. The van der Waals surface area contributed by atoms with Gasteiger partial charge in [0.1, 0.15) is 12.1 Å². The number of carbonyl (C=O) groups is 4. The third kappa shape index (κ3) is 4.92. The minimum absolute atomic E-state index is 0.000428. The number of aliphatic hydroxyl groups is 1. The predicted molar refractivity (Wildman–Crippen MR) is 81.5 cm³/mol. The molecule has 0 radical (unpaired) electrons. The Kier molecular flexibility index (Phi) is 7.15. The lowest BCUT2D eigenvalue weighted by molar-refractivity contribution is -0.149. The normalized spacial score (nSPS) is 22.5. The summed E-state index contributed by atoms with van der Waals surface area (Å²) in [7, 11) is 2.40. The summed E-state index contributed by atoms with van der Waals surface area (Å²) in [6.07, 6.45) is -0.707. The van der Waals surface area contributed by atoms with Gasteiger partial charge in [0.2, 0.25) is 11.8 Å². The van der Waals surface area contributed by atoms with E-state index in [4.69, 9.17) is 0 Å². The second-order valence-electron chi connectivity index (χ2n) is 5.82. The van der Waals surface area contributed by atoms with Gasteiger partial charge in [-0.15, -0.1) is 0 Å². The van der Waals surface area contributed by atoms with Gasteiger partial charge in [-0.25, -0.2) is 4.79 Å². The Bertz CT molecular complexity index is 508. The maximum absolute atomic E-state index is 12.4. The average molecular weight is 344 g/mol. The van der Waals surface area contributed by atoms with Crippen LogP contribution in [-0.2, 0) is 28.7 Å². The van der Waals surface area contributed by atoms with Crippen molar-refractivity contribution in [2.24, 2.45) is 5.92 Å². The first-order valence-electron chi connectivity index (χ1n) is 7.62. The van der Waals surface area contributed by atoms with Crippen molar-refractivity contribution in [3.05, 3.63) is 0 Å². The maximum atomic E-state index is 12.4. The van der Waals surface area contributed by atoms with Crippen LogP contribution in [0, 0.1) is 5.92 Å². The number of esters is 2. The third-order valence-corrected chi connectivity index (χ3v) is 3.98. The fourth-order valence-corrected chi connectivity index (χ4v) is 2.69. The summed E-state index contributed by atoms with van der Waals surface area (Å²) in [5.41, 5.74) is 0. The minimum Gasteiger partial charge on any atom is -0.469 e. The number of aliphatic hydroxyl groups excluding tert-OH is 1. The van der Waals surface area contributed by atoms with Crippen molar-refractivity contribution < 1.29 is 33.8 Å². The molecule has 0 bridgehead atoms. The predicted octanol–water partition coefficient (Wildman–Crippen LogP) is -1.17. The van der Waals surface area contributed by atoms with Gasteiger partial charge in [-0.1, -0.05) is 6.92 Å². The molecular weight excluding hydrogens is 320 g/mol. The summed E-state index contributed by atoms with van der Waals surface area (Å²) >= 11 is 0. The van der Waals surface area contributed by atoms with Crippen molar-refractivity contribution in [2.45, 2.75) is 44.9 Å². The molecule has 1 saturated heterocycles. The van der Waals surface area contributed by atoms with Crippen LogP contribution < -0.4 is 5.32 Å². The van der Waals surface area contributed by atoms with Crippen LogP contribution in [0.15, 0.2) is 0 Å². The number of hydrogen-bond acceptors (Lipinski definition) is 7. The van der Waals surface area contributed by atoms with Gasteiger partial charge in [0.25, 0.3) is 0 Å². The highest BCUT2D eigenvalue weighted by Gasteiger charge is 2.39. The molecule has 0 saturated carbocycles. The first-order valence-corrected chi connectivity index (χ1v) is 7.62. The zero-order valence-corrected chi connectivity index (χ0v) is 14.3. The molecule has 1 heterocycles. The van der Waals surface area contributed by atoms with E-state index < -0.39 is 42.0 Å². The zero-order valence-electron chi connectivity index (χ0n) is 14.3. The Labute approximate surface area is 140 Å². The van der Waals surface area contributed by atoms with Crippen molar-refractivity contribution in [1.29, 1.82) is 0 Å². The van der Waals surface area contributed by atoms with Crippen LogP contribution in [0.4, 0.5) is 0 Å². The molecular formula is C15H24N2O7. The summed E-state index contributed by atoms with van der Waals surface area (Å²) in [4.78, 5) is 48.6. The summed E-state index contributed by atoms with van der Waals surface area (Å²) in [6, 6.07) is -1.92. The standard InChI is InChI=1S/C15H24N2O7/c1-8(14(21)23-3)5-11(15(22)24-4)16-13(20)12-6-10(19)7-17(12)9(2)18/h8,10-12,19H,5-7H2,1-4H3,(H,16,20)/t8-,10+,11+,12-/m0/s1. The number of carbonyl (C=O) groups excluding carboxylic acids is 4. The largest absolute Gasteiger partial charge is 0.469 e. The molecule has 0 aromatic rings. The number of methoxy groups -OCH3 is 2. The number of nitrogens with zero attached hydrogens (tertiary/aromatic N) is 1. The first-order chi connectivity index (χ1) is 11.2. The molecule has 1 fully saturated rings. The second-order valence-corrected chi connectivity index (χ2v) is 5.82. The SMILES string of the molecule is COC(=O)[C@@H](C)C[C@@H](NC(=O)[C@@H]1C[C@@H](O)CN1C(C)=O)C(=O)OC. The van der Waals surface area contributed by atoms with Crippen molar-refractivity contribution in [3.63, 3.8) is 0 Å². The number of amides is 2. The Hall–Kier alpha value is -2.16. The molecule has 2 amide bonds. The topological polar surface area (TPSA) is 122 Å². The molecule has 9 nitrogen and oxygen atoms in total. The van der Waals surface area contributed by atoms with Gasteiger partial charge in [-0.05, 0) is 6.42 Å². The summed E-state index contributed by atoms with van der Waals surface area (Å²) < 4.78 is 9.25. The molecule has 0 aromatic carbocycles. The van der Waals surface area contributed by atoms with Crippen molar-refractivity contribution >= 4 is 23.8 Å². The average Bonchev–Trinajstić information content (AvgIpc) is 2.94. The lowest BCUT2D eigenvalue weighted by atomic mass is 10.0. The Morgan fingerprint density at radius 2 is 1.79 bits per heavy atom. The quantitative estimate of drug-likeness (QED) is 0.582. The second kappa shape index (κ2) is 8.62. The zero-order chi connectivity index (χ0) is 18.4. The molecule has 2 N–H and O–H groups in total. The highest BCUT2D eigenvalue weighted by atomic mass is 16.5. The van der Waals surface area contributed by atoms with E-state index in [0.29, 0.717) is 0 Å². The summed E-state index contributed by atoms with van der Waals surface area (Å²) in [5.74, 6) is -2.76. The van der Waals surface area contributed by atoms with E-state index in [9.17, 15) is 24.3 Å². The molecule has 0 aliphatic carbocycles. The molecule has 0 unspecified atom stereocenters. The van der Waals surface area contributed by atoms with Gasteiger partial charge >= 0.3 is 11.9 Å². The number of hydrogen-bond donors (Lipinski definition) is 2. The van der Waals surface area contributed by atoms with Gasteiger partial charge in [0, 0.05) is 19.9 Å². The van der Waals surface area contributed by atoms with E-state index in [0.717, 1.165) is 0 Å². The molecule has 136 valence electrons. The third-order valence-electron chi connectivity index (χ3n) is 3.98. The number of β-amino-alcohol motifs (C(OH)–C–C–N with tert-alkyl or cyclic N) is 1. The highest BCUT2D eigenvalue weighted by Crippen LogP contribution is 2.19. The van der Waals surface area contributed by atoms with Crippen LogP contribution in [0.2, 0.25) is 0 Å². The molecule has 24 heavy (non-hydrogen) atoms. The molecule has 1 rings (SSSR count). The van der Waals surface area contributed by atoms with Gasteiger partial charge in [0.05, 0.1) is 26.2 Å². The Balaban J connectivity index is 2.82. The molecule has 1 aliphatic rings. The molecule has 0 spiro atoms. The monoisotopic (exact) mass is 344 g/mol. The van der Waals surface area contributed by atoms with E-state index >= 15 is 0 Å². The van der Waals surface area contributed by atoms with E-state index in [2.05, 4.69) is 14.8 Å². The number of rotatable bonds is 6. The number of ether oxygens (including phenoxy) is 2. The maximum Gasteiger partial charge on any atom is 0.328 e. The highest BCUT2D eigenvalue weighted by molar-refractivity contribution is 5.91. The van der Waals surface area contributed by atoms with Gasteiger partial charge in [0.15, 0.2) is 0 Å². The number of likely N-dealkylation sites (tertiary alicyclic amines) is 1. The van der Waals surface area contributed by atoms with Crippen LogP contribution in [0.3, 0.4) is 0 Å². The van der Waals surface area contributed by atoms with Crippen molar-refractivity contribution in [1.82, 2.24) is 10.2 Å². The van der Waals surface area contributed by atoms with Crippen LogP contribution in [0.5, 0.6) is 0 Å². The van der Waals surface area contributed by atoms with E-state index in [1.54, 1.807) is 6.92 Å². The lowest BCUT2D eigenvalue weighted by Crippen LogP contribution is -2.51. The van der Waals surface area contributed by atoms with Gasteiger partial charge in [-0.3, -0.25) is 14.4 Å². The number of nitrogens with one attached hydrogen (secondary N) is 1. The molecule has 4 atom stereocenters. The van der Waals surface area contributed by atoms with Crippen LogP contribution in [0.1, 0.15) is 26.7 Å². The van der Waals surface area contributed by atoms with Crippen molar-refractivity contribution in [3.8, 4) is 0 Å². The molecule has 9 heteroatoms. The van der Waals surface area contributed by atoms with E-state index in [1.807, 2.05) is 0 Å². The summed E-state index contributed by atoms with van der Waals surface area (Å²) in [5, 5.41) is 12.2. The van der Waals surface area contributed by atoms with E-state index in [1.165, 1.54) is 26.0 Å².